The van der Waals surface area contributed by atoms with Gasteiger partial charge in [-0.05, 0) is 32.0 Å². The Kier molecular flexibility index (Phi) is 4.97. The van der Waals surface area contributed by atoms with Crippen LogP contribution in [-0.4, -0.2) is 26.0 Å². The van der Waals surface area contributed by atoms with Gasteiger partial charge in [-0.15, -0.1) is 0 Å². The van der Waals surface area contributed by atoms with Crippen LogP contribution in [0, 0.1) is 0 Å². The third-order valence-corrected chi connectivity index (χ3v) is 7.19. The number of para-hydroxylation sites is 1. The lowest BCUT2D eigenvalue weighted by Crippen LogP contribution is -2.34. The lowest BCUT2D eigenvalue weighted by Gasteiger charge is -2.29. The third-order valence-electron chi connectivity index (χ3n) is 2.46. The van der Waals surface area contributed by atoms with E-state index in [1.807, 2.05) is 0 Å². The maximum atomic E-state index is 2.62. The Balaban J connectivity index is 2.68. The van der Waals surface area contributed by atoms with Crippen LogP contribution < -0.4 is 4.57 Å². The van der Waals surface area contributed by atoms with E-state index in [0.29, 0.717) is 6.04 Å². The van der Waals surface area contributed by atoms with Crippen LogP contribution in [0.25, 0.3) is 0 Å². The largest absolute Gasteiger partial charge is 0.401 e. The van der Waals surface area contributed by atoms with Gasteiger partial charge in [-0.2, -0.15) is 0 Å². The van der Waals surface area contributed by atoms with Crippen LogP contribution in [0.4, 0.5) is 5.69 Å². The van der Waals surface area contributed by atoms with Crippen molar-refractivity contribution in [3.05, 3.63) is 30.3 Å². The average Bonchev–Trinajstić information content (AvgIpc) is 2.19. The Labute approximate surface area is 92.8 Å². The maximum Gasteiger partial charge on any atom is 0.124 e. The summed E-state index contributed by atoms with van der Waals surface area (Å²) < 4.78 is 2.62. The predicted octanol–water partition coefficient (Wildman–Crippen LogP) is 1.19. The molecule has 0 spiro atoms. The highest BCUT2D eigenvalue weighted by atomic mass is 28.2. The van der Waals surface area contributed by atoms with Crippen molar-refractivity contribution in [2.24, 2.45) is 0 Å². The maximum absolute atomic E-state index is 2.62. The molecule has 0 saturated carbocycles. The standard InChI is InChI=1S/C11H21NSi2/c1-10(2)12(14-9-8-13)11-6-4-3-5-7-11/h3-7,10H,8-9,14H2,1-2,13H3. The van der Waals surface area contributed by atoms with E-state index < -0.39 is 0 Å². The first-order valence-corrected chi connectivity index (χ1v) is 8.62. The van der Waals surface area contributed by atoms with E-state index in [9.17, 15) is 0 Å². The van der Waals surface area contributed by atoms with Crippen molar-refractivity contribution >= 4 is 25.6 Å². The Bertz CT molecular complexity index is 249. The number of rotatable bonds is 5. The summed E-state index contributed by atoms with van der Waals surface area (Å²) in [6.45, 7) is 4.60. The highest BCUT2D eigenvalue weighted by Gasteiger charge is 2.08. The Hall–Kier alpha value is -0.546. The van der Waals surface area contributed by atoms with E-state index in [4.69, 9.17) is 0 Å². The lowest BCUT2D eigenvalue weighted by molar-refractivity contribution is 0.820. The second kappa shape index (κ2) is 6.03. The number of benzene rings is 1. The summed E-state index contributed by atoms with van der Waals surface area (Å²) >= 11 is 0. The molecule has 0 aliphatic carbocycles. The molecule has 0 saturated heterocycles. The summed E-state index contributed by atoms with van der Waals surface area (Å²) in [4.78, 5) is 0. The van der Waals surface area contributed by atoms with Gasteiger partial charge in [0.2, 0.25) is 0 Å². The topological polar surface area (TPSA) is 3.24 Å². The molecule has 1 aromatic rings. The summed E-state index contributed by atoms with van der Waals surface area (Å²) in [7, 11) is 1.31. The molecular formula is C11H21NSi2. The third kappa shape index (κ3) is 3.31. The van der Waals surface area contributed by atoms with E-state index >= 15 is 0 Å². The van der Waals surface area contributed by atoms with Crippen molar-refractivity contribution < 1.29 is 0 Å². The minimum absolute atomic E-state index is 0.0524. The van der Waals surface area contributed by atoms with Crippen molar-refractivity contribution in [3.63, 3.8) is 0 Å². The van der Waals surface area contributed by atoms with E-state index in [-0.39, 0.29) is 9.68 Å². The number of hydrogen-bond donors (Lipinski definition) is 0. The van der Waals surface area contributed by atoms with Crippen molar-refractivity contribution in [2.75, 3.05) is 4.57 Å². The van der Waals surface area contributed by atoms with Gasteiger partial charge >= 0.3 is 0 Å². The molecule has 78 valence electrons. The Morgan fingerprint density at radius 3 is 2.43 bits per heavy atom. The van der Waals surface area contributed by atoms with Crippen molar-refractivity contribution in [3.8, 4) is 0 Å². The summed E-state index contributed by atoms with van der Waals surface area (Å²) in [5.74, 6) is 0. The van der Waals surface area contributed by atoms with E-state index in [0.717, 1.165) is 0 Å². The highest BCUT2D eigenvalue weighted by Crippen LogP contribution is 2.15. The van der Waals surface area contributed by atoms with Crippen LogP contribution in [0.2, 0.25) is 12.1 Å². The molecule has 14 heavy (non-hydrogen) atoms. The average molecular weight is 223 g/mol. The van der Waals surface area contributed by atoms with Crippen LogP contribution in [0.15, 0.2) is 30.3 Å². The highest BCUT2D eigenvalue weighted by molar-refractivity contribution is 6.42. The summed E-state index contributed by atoms with van der Waals surface area (Å²) in [5, 5.41) is 0. The quantitative estimate of drug-likeness (QED) is 0.678. The molecule has 0 N–H and O–H groups in total. The molecule has 1 aromatic carbocycles. The van der Waals surface area contributed by atoms with Gasteiger partial charge in [0.1, 0.15) is 9.68 Å². The van der Waals surface area contributed by atoms with Crippen LogP contribution >= 0.6 is 0 Å². The lowest BCUT2D eigenvalue weighted by atomic mass is 10.3. The van der Waals surface area contributed by atoms with Crippen molar-refractivity contribution in [1.29, 1.82) is 0 Å². The van der Waals surface area contributed by atoms with Gasteiger partial charge in [0.25, 0.3) is 0 Å². The fraction of sp³-hybridized carbons (Fsp3) is 0.455. The molecule has 0 aromatic heterocycles. The first-order valence-electron chi connectivity index (χ1n) is 5.57. The summed E-state index contributed by atoms with van der Waals surface area (Å²) in [6.07, 6.45) is 0. The number of hydrogen-bond acceptors (Lipinski definition) is 1. The second-order valence-electron chi connectivity index (χ2n) is 3.98. The van der Waals surface area contributed by atoms with E-state index in [1.165, 1.54) is 28.0 Å². The molecule has 0 bridgehead atoms. The van der Waals surface area contributed by atoms with Crippen molar-refractivity contribution in [1.82, 2.24) is 0 Å². The Morgan fingerprint density at radius 1 is 1.29 bits per heavy atom. The molecule has 0 radical (unpaired) electrons. The molecule has 0 aliphatic rings. The molecule has 1 nitrogen and oxygen atoms in total. The van der Waals surface area contributed by atoms with Crippen LogP contribution in [0.1, 0.15) is 13.8 Å². The first-order chi connectivity index (χ1) is 6.75. The number of nitrogens with zero attached hydrogens (tertiary/aromatic N) is 1. The molecule has 0 heterocycles. The van der Waals surface area contributed by atoms with Gasteiger partial charge in [-0.25, -0.2) is 0 Å². The molecule has 0 atom stereocenters. The van der Waals surface area contributed by atoms with Gasteiger partial charge in [-0.3, -0.25) is 0 Å². The molecule has 0 aliphatic heterocycles. The van der Waals surface area contributed by atoms with Crippen LogP contribution in [-0.2, 0) is 0 Å². The SMILES string of the molecule is CC(C)N([SiH2]CC[SiH3])c1ccccc1. The number of anilines is 1. The minimum Gasteiger partial charge on any atom is -0.401 e. The van der Waals surface area contributed by atoms with Gasteiger partial charge in [0.15, 0.2) is 0 Å². The van der Waals surface area contributed by atoms with Gasteiger partial charge in [-0.1, -0.05) is 24.2 Å². The molecular weight excluding hydrogens is 202 g/mol. The fourth-order valence-electron chi connectivity index (χ4n) is 1.63. The zero-order valence-corrected chi connectivity index (χ0v) is 12.9. The van der Waals surface area contributed by atoms with Crippen LogP contribution in [0.3, 0.4) is 0 Å². The van der Waals surface area contributed by atoms with Crippen molar-refractivity contribution in [2.45, 2.75) is 32.0 Å². The summed E-state index contributed by atoms with van der Waals surface area (Å²) in [5.41, 5.74) is 1.42. The molecule has 0 amide bonds. The predicted molar refractivity (Wildman–Crippen MR) is 72.2 cm³/mol. The minimum atomic E-state index is -0.0524. The molecule has 0 fully saturated rings. The molecule has 3 heteroatoms. The molecule has 1 rings (SSSR count). The normalized spacial score (nSPS) is 11.6. The molecule has 0 unspecified atom stereocenters. The second-order valence-corrected chi connectivity index (χ2v) is 6.81. The smallest absolute Gasteiger partial charge is 0.124 e. The van der Waals surface area contributed by atoms with Gasteiger partial charge in [0.05, 0.1) is 0 Å². The van der Waals surface area contributed by atoms with Gasteiger partial charge in [0, 0.05) is 22.0 Å². The zero-order valence-electron chi connectivity index (χ0n) is 9.53. The van der Waals surface area contributed by atoms with E-state index in [1.54, 1.807) is 0 Å². The Morgan fingerprint density at radius 2 is 1.93 bits per heavy atom. The zero-order chi connectivity index (χ0) is 10.4. The van der Waals surface area contributed by atoms with Gasteiger partial charge < -0.3 is 4.57 Å². The monoisotopic (exact) mass is 223 g/mol. The fourth-order valence-corrected chi connectivity index (χ4v) is 4.22. The first kappa shape index (κ1) is 11.5. The van der Waals surface area contributed by atoms with E-state index in [2.05, 4.69) is 48.7 Å². The van der Waals surface area contributed by atoms with Crippen LogP contribution in [0.5, 0.6) is 0 Å². The summed E-state index contributed by atoms with van der Waals surface area (Å²) in [6, 6.07) is 14.4.